The summed E-state index contributed by atoms with van der Waals surface area (Å²) in [4.78, 5) is 14.9. The van der Waals surface area contributed by atoms with Gasteiger partial charge in [0.2, 0.25) is 5.91 Å². The molecule has 1 heterocycles. The van der Waals surface area contributed by atoms with E-state index in [0.29, 0.717) is 12.5 Å². The van der Waals surface area contributed by atoms with Crippen LogP contribution in [0.25, 0.3) is 0 Å². The summed E-state index contributed by atoms with van der Waals surface area (Å²) in [5.74, 6) is 0.763. The van der Waals surface area contributed by atoms with E-state index in [0.717, 1.165) is 44.6 Å². The molecule has 2 aromatic carbocycles. The highest BCUT2D eigenvalue weighted by atomic mass is 16.5. The molecule has 4 heteroatoms. The van der Waals surface area contributed by atoms with E-state index in [1.807, 2.05) is 0 Å². The summed E-state index contributed by atoms with van der Waals surface area (Å²) >= 11 is 0. The van der Waals surface area contributed by atoms with Gasteiger partial charge in [0.1, 0.15) is 0 Å². The van der Waals surface area contributed by atoms with Crippen molar-refractivity contribution >= 4 is 11.6 Å². The number of carbonyl (C=O) groups is 1. The molecule has 1 saturated carbocycles. The minimum atomic E-state index is -0.223. The monoisotopic (exact) mass is 434 g/mol. The van der Waals surface area contributed by atoms with Crippen molar-refractivity contribution in [2.24, 2.45) is 0 Å². The molecule has 0 bridgehead atoms. The van der Waals surface area contributed by atoms with E-state index in [2.05, 4.69) is 71.7 Å². The molecule has 1 amide bonds. The van der Waals surface area contributed by atoms with Crippen LogP contribution in [-0.2, 0) is 15.1 Å². The Morgan fingerprint density at radius 3 is 2.34 bits per heavy atom. The quantitative estimate of drug-likeness (QED) is 0.546. The van der Waals surface area contributed by atoms with Crippen molar-refractivity contribution in [2.75, 3.05) is 31.6 Å². The first kappa shape index (κ1) is 23.0. The summed E-state index contributed by atoms with van der Waals surface area (Å²) < 4.78 is 6.39. The number of hydrogen-bond acceptors (Lipinski definition) is 3. The fourth-order valence-electron chi connectivity index (χ4n) is 5.31. The molecular formula is C28H38N2O2. The molecule has 0 radical (unpaired) electrons. The number of nitrogens with one attached hydrogen (secondary N) is 1. The van der Waals surface area contributed by atoms with Crippen molar-refractivity contribution in [1.82, 2.24) is 4.90 Å². The maximum atomic E-state index is 12.7. The molecule has 0 spiro atoms. The molecule has 0 aromatic heterocycles. The molecule has 4 rings (SSSR count). The average molecular weight is 435 g/mol. The first-order valence-electron chi connectivity index (χ1n) is 12.5. The molecule has 1 aliphatic carbocycles. The molecule has 2 aromatic rings. The van der Waals surface area contributed by atoms with Gasteiger partial charge in [-0.15, -0.1) is 0 Å². The molecule has 1 aliphatic heterocycles. The van der Waals surface area contributed by atoms with Crippen LogP contribution in [0.2, 0.25) is 0 Å². The zero-order valence-corrected chi connectivity index (χ0v) is 19.5. The molecule has 0 atom stereocenters. The van der Waals surface area contributed by atoms with Crippen LogP contribution in [0.4, 0.5) is 5.69 Å². The standard InChI is InChI=1S/C28H38N2O2/c1-2-21-32-28(25-11-7-4-8-12-25)17-19-30(20-18-28)22-27(31)29-26-15-13-24(14-16-26)23-9-5-3-6-10-23/h4,7-8,11-16,23H,2-3,5-6,9-10,17-22H2,1H3,(H,29,31). The number of benzene rings is 2. The van der Waals surface area contributed by atoms with Gasteiger partial charge < -0.3 is 10.1 Å². The number of carbonyl (C=O) groups excluding carboxylic acids is 1. The minimum absolute atomic E-state index is 0.0668. The maximum Gasteiger partial charge on any atom is 0.238 e. The number of anilines is 1. The molecule has 172 valence electrons. The number of piperidine rings is 1. The number of ether oxygens (including phenoxy) is 1. The Morgan fingerprint density at radius 2 is 1.69 bits per heavy atom. The summed E-state index contributed by atoms with van der Waals surface area (Å²) in [6, 6.07) is 19.1. The Kier molecular flexibility index (Phi) is 7.99. The summed E-state index contributed by atoms with van der Waals surface area (Å²) in [7, 11) is 0. The van der Waals surface area contributed by atoms with Gasteiger partial charge in [0.05, 0.1) is 12.1 Å². The van der Waals surface area contributed by atoms with Gasteiger partial charge in [-0.05, 0) is 61.3 Å². The SMILES string of the molecule is CCCOC1(c2ccccc2)CCN(CC(=O)Nc2ccc(C3CCCCC3)cc2)CC1. The van der Waals surface area contributed by atoms with Gasteiger partial charge in [-0.1, -0.05) is 68.7 Å². The number of hydrogen-bond donors (Lipinski definition) is 1. The predicted octanol–water partition coefficient (Wildman–Crippen LogP) is 6.09. The van der Waals surface area contributed by atoms with E-state index in [-0.39, 0.29) is 11.5 Å². The van der Waals surface area contributed by atoms with Crippen molar-refractivity contribution in [2.45, 2.75) is 69.8 Å². The molecule has 4 nitrogen and oxygen atoms in total. The molecule has 2 fully saturated rings. The lowest BCUT2D eigenvalue weighted by molar-refractivity contribution is -0.120. The van der Waals surface area contributed by atoms with E-state index in [9.17, 15) is 4.79 Å². The highest BCUT2D eigenvalue weighted by molar-refractivity contribution is 5.92. The average Bonchev–Trinajstić information content (AvgIpc) is 2.85. The summed E-state index contributed by atoms with van der Waals surface area (Å²) in [6.45, 7) is 5.09. The lowest BCUT2D eigenvalue weighted by Crippen LogP contribution is -2.46. The minimum Gasteiger partial charge on any atom is -0.370 e. The summed E-state index contributed by atoms with van der Waals surface area (Å²) in [5.41, 5.74) is 3.36. The van der Waals surface area contributed by atoms with Crippen LogP contribution in [0.3, 0.4) is 0 Å². The molecule has 1 N–H and O–H groups in total. The van der Waals surface area contributed by atoms with Crippen LogP contribution in [0, 0.1) is 0 Å². The first-order chi connectivity index (χ1) is 15.7. The van der Waals surface area contributed by atoms with Crippen molar-refractivity contribution in [3.8, 4) is 0 Å². The van der Waals surface area contributed by atoms with Gasteiger partial charge in [-0.3, -0.25) is 9.69 Å². The highest BCUT2D eigenvalue weighted by Gasteiger charge is 2.37. The first-order valence-corrected chi connectivity index (χ1v) is 12.5. The third kappa shape index (κ3) is 5.79. The highest BCUT2D eigenvalue weighted by Crippen LogP contribution is 2.37. The molecule has 0 unspecified atom stereocenters. The van der Waals surface area contributed by atoms with Gasteiger partial charge in [0, 0.05) is 25.4 Å². The van der Waals surface area contributed by atoms with Crippen LogP contribution >= 0.6 is 0 Å². The summed E-state index contributed by atoms with van der Waals surface area (Å²) in [6.07, 6.45) is 9.50. The topological polar surface area (TPSA) is 41.6 Å². The second kappa shape index (κ2) is 11.1. The normalized spacial score (nSPS) is 19.5. The Hall–Kier alpha value is -2.17. The number of nitrogens with zero attached hydrogens (tertiary/aromatic N) is 1. The second-order valence-corrected chi connectivity index (χ2v) is 9.49. The molecule has 1 saturated heterocycles. The molecule has 32 heavy (non-hydrogen) atoms. The van der Waals surface area contributed by atoms with E-state index < -0.39 is 0 Å². The van der Waals surface area contributed by atoms with E-state index in [1.54, 1.807) is 0 Å². The van der Waals surface area contributed by atoms with E-state index >= 15 is 0 Å². The van der Waals surface area contributed by atoms with E-state index in [1.165, 1.54) is 43.2 Å². The van der Waals surface area contributed by atoms with Gasteiger partial charge in [0.25, 0.3) is 0 Å². The maximum absolute atomic E-state index is 12.7. The van der Waals surface area contributed by atoms with Gasteiger partial charge >= 0.3 is 0 Å². The Bertz CT molecular complexity index is 835. The molecule has 2 aliphatic rings. The Balaban J connectivity index is 1.29. The largest absolute Gasteiger partial charge is 0.370 e. The lowest BCUT2D eigenvalue weighted by atomic mass is 9.84. The predicted molar refractivity (Wildman–Crippen MR) is 131 cm³/mol. The Labute approximate surface area is 193 Å². The van der Waals surface area contributed by atoms with Crippen LogP contribution in [-0.4, -0.2) is 37.0 Å². The summed E-state index contributed by atoms with van der Waals surface area (Å²) in [5, 5.41) is 3.09. The zero-order valence-electron chi connectivity index (χ0n) is 19.5. The van der Waals surface area contributed by atoms with Crippen LogP contribution in [0.5, 0.6) is 0 Å². The second-order valence-electron chi connectivity index (χ2n) is 9.49. The molecular weight excluding hydrogens is 396 g/mol. The van der Waals surface area contributed by atoms with Crippen LogP contribution in [0.1, 0.15) is 75.3 Å². The van der Waals surface area contributed by atoms with Gasteiger partial charge in [-0.2, -0.15) is 0 Å². The zero-order chi connectivity index (χ0) is 22.2. The van der Waals surface area contributed by atoms with Crippen LogP contribution < -0.4 is 5.32 Å². The number of amides is 1. The van der Waals surface area contributed by atoms with Crippen molar-refractivity contribution in [3.05, 3.63) is 65.7 Å². The number of likely N-dealkylation sites (tertiary alicyclic amines) is 1. The fraction of sp³-hybridized carbons (Fsp3) is 0.536. The smallest absolute Gasteiger partial charge is 0.238 e. The fourth-order valence-corrected chi connectivity index (χ4v) is 5.31. The third-order valence-electron chi connectivity index (χ3n) is 7.18. The number of rotatable bonds is 8. The van der Waals surface area contributed by atoms with Crippen molar-refractivity contribution in [1.29, 1.82) is 0 Å². The lowest BCUT2D eigenvalue weighted by Gasteiger charge is -2.42. The van der Waals surface area contributed by atoms with Crippen molar-refractivity contribution < 1.29 is 9.53 Å². The van der Waals surface area contributed by atoms with Gasteiger partial charge in [-0.25, -0.2) is 0 Å². The van der Waals surface area contributed by atoms with Crippen molar-refractivity contribution in [3.63, 3.8) is 0 Å². The van der Waals surface area contributed by atoms with Crippen LogP contribution in [0.15, 0.2) is 54.6 Å². The van der Waals surface area contributed by atoms with Gasteiger partial charge in [0.15, 0.2) is 0 Å². The van der Waals surface area contributed by atoms with E-state index in [4.69, 9.17) is 4.74 Å². The third-order valence-corrected chi connectivity index (χ3v) is 7.18. The Morgan fingerprint density at radius 1 is 1.00 bits per heavy atom.